The molecule has 19 heavy (non-hydrogen) atoms. The van der Waals surface area contributed by atoms with Crippen LogP contribution in [0.3, 0.4) is 0 Å². The van der Waals surface area contributed by atoms with Crippen LogP contribution in [0.5, 0.6) is 0 Å². The molecule has 1 aromatic heterocycles. The second kappa shape index (κ2) is 5.46. The van der Waals surface area contributed by atoms with Gasteiger partial charge in [-0.3, -0.25) is 5.10 Å². The van der Waals surface area contributed by atoms with Gasteiger partial charge in [-0.15, -0.1) is 5.10 Å². The number of nitrogens with one attached hydrogen (secondary N) is 2. The molecule has 3 rings (SSSR count). The lowest BCUT2D eigenvalue weighted by atomic mass is 10.0. The Kier molecular flexibility index (Phi) is 3.70. The summed E-state index contributed by atoms with van der Waals surface area (Å²) in [6.45, 7) is 4.99. The van der Waals surface area contributed by atoms with Gasteiger partial charge >= 0.3 is 0 Å². The first-order chi connectivity index (χ1) is 9.28. The van der Waals surface area contributed by atoms with E-state index in [0.29, 0.717) is 12.0 Å². The number of hydrogen-bond donors (Lipinski definition) is 2. The van der Waals surface area contributed by atoms with Crippen molar-refractivity contribution in [3.8, 4) is 0 Å². The second-order valence-electron chi connectivity index (χ2n) is 5.54. The summed E-state index contributed by atoms with van der Waals surface area (Å²) in [4.78, 5) is 6.95. The number of hydrogen-bond acceptors (Lipinski definition) is 5. The highest BCUT2D eigenvalue weighted by Gasteiger charge is 2.29. The molecular formula is C13H23N5O. The summed E-state index contributed by atoms with van der Waals surface area (Å²) in [6, 6.07) is 0.637. The first-order valence-electron chi connectivity index (χ1n) is 7.24. The number of rotatable bonds is 3. The van der Waals surface area contributed by atoms with E-state index in [4.69, 9.17) is 4.74 Å². The Labute approximate surface area is 113 Å². The van der Waals surface area contributed by atoms with Crippen LogP contribution < -0.4 is 10.2 Å². The quantitative estimate of drug-likeness (QED) is 0.849. The molecule has 3 heterocycles. The number of nitrogens with zero attached hydrogens (tertiary/aromatic N) is 3. The Balaban J connectivity index is 1.65. The molecule has 6 heteroatoms. The molecule has 6 nitrogen and oxygen atoms in total. The van der Waals surface area contributed by atoms with Crippen molar-refractivity contribution in [2.75, 3.05) is 31.6 Å². The topological polar surface area (TPSA) is 66.1 Å². The smallest absolute Gasteiger partial charge is 0.244 e. The molecule has 0 saturated carbocycles. The Hall–Kier alpha value is -1.14. The highest BCUT2D eigenvalue weighted by molar-refractivity contribution is 5.30. The molecule has 1 aromatic rings. The van der Waals surface area contributed by atoms with E-state index in [0.717, 1.165) is 50.7 Å². The minimum atomic E-state index is 0.246. The number of piperidine rings is 1. The molecule has 2 aliphatic rings. The SMILES string of the molecule is CNC1CCN(c2n[nH]c(C3CCOC3C)n2)CC1. The number of aromatic nitrogens is 3. The standard InChI is InChI=1S/C13H23N5O/c1-9-11(5-8-19-9)12-15-13(17-16-12)18-6-3-10(14-2)4-7-18/h9-11,14H,3-8H2,1-2H3,(H,15,16,17). The predicted octanol–water partition coefficient (Wildman–Crippen LogP) is 0.885. The number of H-pyrrole nitrogens is 1. The molecule has 0 bridgehead atoms. The molecule has 2 atom stereocenters. The fourth-order valence-corrected chi connectivity index (χ4v) is 3.03. The summed E-state index contributed by atoms with van der Waals surface area (Å²) < 4.78 is 5.59. The van der Waals surface area contributed by atoms with Crippen molar-refractivity contribution in [1.29, 1.82) is 0 Å². The predicted molar refractivity (Wildman–Crippen MR) is 73.4 cm³/mol. The maximum absolute atomic E-state index is 5.59. The molecule has 2 saturated heterocycles. The van der Waals surface area contributed by atoms with Crippen LogP contribution in [0.1, 0.15) is 37.9 Å². The highest BCUT2D eigenvalue weighted by Crippen LogP contribution is 2.29. The van der Waals surface area contributed by atoms with Crippen molar-refractivity contribution in [1.82, 2.24) is 20.5 Å². The van der Waals surface area contributed by atoms with Crippen LogP contribution >= 0.6 is 0 Å². The summed E-state index contributed by atoms with van der Waals surface area (Å²) in [5.41, 5.74) is 0. The van der Waals surface area contributed by atoms with E-state index in [1.165, 1.54) is 0 Å². The van der Waals surface area contributed by atoms with Crippen LogP contribution in [0.2, 0.25) is 0 Å². The van der Waals surface area contributed by atoms with Crippen LogP contribution in [0, 0.1) is 0 Å². The molecule has 0 spiro atoms. The summed E-state index contributed by atoms with van der Waals surface area (Å²) >= 11 is 0. The first kappa shape index (κ1) is 12.9. The molecule has 2 unspecified atom stereocenters. The fourth-order valence-electron chi connectivity index (χ4n) is 3.03. The van der Waals surface area contributed by atoms with E-state index in [-0.39, 0.29) is 6.10 Å². The van der Waals surface area contributed by atoms with Gasteiger partial charge in [0.25, 0.3) is 0 Å². The largest absolute Gasteiger partial charge is 0.378 e. The van der Waals surface area contributed by atoms with E-state index in [9.17, 15) is 0 Å². The summed E-state index contributed by atoms with van der Waals surface area (Å²) in [5.74, 6) is 2.20. The maximum Gasteiger partial charge on any atom is 0.244 e. The van der Waals surface area contributed by atoms with Crippen molar-refractivity contribution >= 4 is 5.95 Å². The van der Waals surface area contributed by atoms with E-state index < -0.39 is 0 Å². The Morgan fingerprint density at radius 2 is 2.11 bits per heavy atom. The molecule has 0 aliphatic carbocycles. The van der Waals surface area contributed by atoms with Gasteiger partial charge in [0.15, 0.2) is 0 Å². The van der Waals surface area contributed by atoms with Gasteiger partial charge in [0.05, 0.1) is 6.10 Å². The van der Waals surface area contributed by atoms with Gasteiger partial charge in [-0.25, -0.2) is 0 Å². The molecular weight excluding hydrogens is 242 g/mol. The van der Waals surface area contributed by atoms with Crippen LogP contribution in [0.4, 0.5) is 5.95 Å². The zero-order valence-corrected chi connectivity index (χ0v) is 11.7. The number of ether oxygens (including phenoxy) is 1. The van der Waals surface area contributed by atoms with Crippen LogP contribution in [-0.4, -0.2) is 54.1 Å². The van der Waals surface area contributed by atoms with Gasteiger partial charge in [-0.2, -0.15) is 4.98 Å². The second-order valence-corrected chi connectivity index (χ2v) is 5.54. The Morgan fingerprint density at radius 1 is 1.32 bits per heavy atom. The molecule has 2 N–H and O–H groups in total. The normalized spacial score (nSPS) is 29.1. The molecule has 106 valence electrons. The third kappa shape index (κ3) is 2.60. The highest BCUT2D eigenvalue weighted by atomic mass is 16.5. The minimum absolute atomic E-state index is 0.246. The van der Waals surface area contributed by atoms with E-state index in [2.05, 4.69) is 32.3 Å². The molecule has 2 fully saturated rings. The first-order valence-corrected chi connectivity index (χ1v) is 7.24. The minimum Gasteiger partial charge on any atom is -0.378 e. The zero-order chi connectivity index (χ0) is 13.2. The lowest BCUT2D eigenvalue weighted by Crippen LogP contribution is -2.41. The average molecular weight is 265 g/mol. The Morgan fingerprint density at radius 3 is 2.74 bits per heavy atom. The maximum atomic E-state index is 5.59. The summed E-state index contributed by atoms with van der Waals surface area (Å²) in [5, 5.41) is 10.8. The average Bonchev–Trinajstić information content (AvgIpc) is 3.07. The van der Waals surface area contributed by atoms with E-state index in [1.54, 1.807) is 0 Å². The van der Waals surface area contributed by atoms with E-state index in [1.807, 2.05) is 7.05 Å². The third-order valence-electron chi connectivity index (χ3n) is 4.40. The van der Waals surface area contributed by atoms with Gasteiger partial charge in [-0.1, -0.05) is 0 Å². The fraction of sp³-hybridized carbons (Fsp3) is 0.846. The summed E-state index contributed by atoms with van der Waals surface area (Å²) in [6.07, 6.45) is 3.60. The molecule has 0 aromatic carbocycles. The van der Waals surface area contributed by atoms with Gasteiger partial charge in [0.2, 0.25) is 5.95 Å². The Bertz CT molecular complexity index is 413. The van der Waals surface area contributed by atoms with Crippen LogP contribution in [0.15, 0.2) is 0 Å². The van der Waals surface area contributed by atoms with Crippen molar-refractivity contribution in [2.45, 2.75) is 44.2 Å². The lowest BCUT2D eigenvalue weighted by molar-refractivity contribution is 0.117. The van der Waals surface area contributed by atoms with Gasteiger partial charge < -0.3 is 15.0 Å². The summed E-state index contributed by atoms with van der Waals surface area (Å²) in [7, 11) is 2.03. The third-order valence-corrected chi connectivity index (χ3v) is 4.40. The van der Waals surface area contributed by atoms with Crippen LogP contribution in [0.25, 0.3) is 0 Å². The van der Waals surface area contributed by atoms with E-state index >= 15 is 0 Å². The molecule has 0 amide bonds. The number of anilines is 1. The molecule has 2 aliphatic heterocycles. The van der Waals surface area contributed by atoms with Crippen LogP contribution in [-0.2, 0) is 4.74 Å². The van der Waals surface area contributed by atoms with Crippen molar-refractivity contribution in [3.63, 3.8) is 0 Å². The van der Waals surface area contributed by atoms with Gasteiger partial charge in [0.1, 0.15) is 5.82 Å². The number of aromatic amines is 1. The lowest BCUT2D eigenvalue weighted by Gasteiger charge is -2.30. The van der Waals surface area contributed by atoms with Gasteiger partial charge in [-0.05, 0) is 33.2 Å². The van der Waals surface area contributed by atoms with Crippen molar-refractivity contribution in [3.05, 3.63) is 5.82 Å². The van der Waals surface area contributed by atoms with Crippen molar-refractivity contribution in [2.24, 2.45) is 0 Å². The van der Waals surface area contributed by atoms with Crippen molar-refractivity contribution < 1.29 is 4.74 Å². The monoisotopic (exact) mass is 265 g/mol. The molecule has 0 radical (unpaired) electrons. The zero-order valence-electron chi connectivity index (χ0n) is 11.7. The van der Waals surface area contributed by atoms with Gasteiger partial charge in [0, 0.05) is 31.7 Å².